The molecule has 0 saturated carbocycles. The van der Waals surface area contributed by atoms with Crippen LogP contribution in [0.3, 0.4) is 0 Å². The maximum atomic E-state index is 3.54. The van der Waals surface area contributed by atoms with E-state index < -0.39 is 0 Å². The Balaban J connectivity index is 3.75. The van der Waals surface area contributed by atoms with Crippen LogP contribution >= 0.6 is 31.9 Å². The summed E-state index contributed by atoms with van der Waals surface area (Å²) in [7, 11) is 0. The van der Waals surface area contributed by atoms with E-state index in [9.17, 15) is 0 Å². The average Bonchev–Trinajstić information content (AvgIpc) is 2.15. The molecule has 0 unspecified atom stereocenters. The van der Waals surface area contributed by atoms with Crippen LogP contribution in [-0.4, -0.2) is 0 Å². The van der Waals surface area contributed by atoms with Crippen LogP contribution in [0.1, 0.15) is 65.2 Å². The van der Waals surface area contributed by atoms with E-state index in [1.807, 2.05) is 0 Å². The fourth-order valence-electron chi connectivity index (χ4n) is 1.49. The van der Waals surface area contributed by atoms with E-state index >= 15 is 0 Å². The molecular formula is C12H22Br2. The fraction of sp³-hybridized carbons (Fsp3) is 0.833. The van der Waals surface area contributed by atoms with Gasteiger partial charge in [0.05, 0.1) is 3.39 Å². The number of rotatable bonds is 8. The Kier molecular flexibility index (Phi) is 10.7. The Labute approximate surface area is 106 Å². The van der Waals surface area contributed by atoms with Gasteiger partial charge in [-0.15, -0.1) is 0 Å². The molecule has 0 N–H and O–H groups in total. The summed E-state index contributed by atoms with van der Waals surface area (Å²) in [5.41, 5.74) is 1.56. The lowest BCUT2D eigenvalue weighted by atomic mass is 10.0. The maximum absolute atomic E-state index is 3.54. The Hall–Kier alpha value is 0.700. The van der Waals surface area contributed by atoms with Gasteiger partial charge in [0.25, 0.3) is 0 Å². The minimum atomic E-state index is 1.19. The number of hydrogen-bond acceptors (Lipinski definition) is 0. The van der Waals surface area contributed by atoms with Crippen molar-refractivity contribution in [3.05, 3.63) is 8.96 Å². The molecule has 0 aromatic rings. The third-order valence-electron chi connectivity index (χ3n) is 2.43. The van der Waals surface area contributed by atoms with E-state index in [-0.39, 0.29) is 0 Å². The molecule has 0 fully saturated rings. The predicted octanol–water partition coefficient (Wildman–Crippen LogP) is 6.15. The first kappa shape index (κ1) is 14.7. The van der Waals surface area contributed by atoms with E-state index in [0.717, 1.165) is 0 Å². The summed E-state index contributed by atoms with van der Waals surface area (Å²) in [5, 5.41) is 0. The Bertz CT molecular complexity index is 146. The largest absolute Gasteiger partial charge is 0.0654 e. The third-order valence-corrected chi connectivity index (χ3v) is 3.55. The molecule has 0 atom stereocenters. The normalized spacial score (nSPS) is 10.3. The second-order valence-corrected chi connectivity index (χ2v) is 6.43. The minimum Gasteiger partial charge on any atom is -0.0654 e. The molecule has 0 aromatic heterocycles. The van der Waals surface area contributed by atoms with E-state index in [4.69, 9.17) is 0 Å². The van der Waals surface area contributed by atoms with Crippen molar-refractivity contribution >= 4 is 31.9 Å². The topological polar surface area (TPSA) is 0 Å². The highest BCUT2D eigenvalue weighted by molar-refractivity contribution is 9.28. The van der Waals surface area contributed by atoms with Crippen molar-refractivity contribution in [2.75, 3.05) is 0 Å². The monoisotopic (exact) mass is 324 g/mol. The number of halogens is 2. The van der Waals surface area contributed by atoms with E-state index in [2.05, 4.69) is 45.7 Å². The molecule has 0 radical (unpaired) electrons. The number of unbranched alkanes of at least 4 members (excludes halogenated alkanes) is 4. The smallest absolute Gasteiger partial charge is 0.0596 e. The summed E-state index contributed by atoms with van der Waals surface area (Å²) >= 11 is 7.08. The van der Waals surface area contributed by atoms with Gasteiger partial charge >= 0.3 is 0 Å². The van der Waals surface area contributed by atoms with Crippen molar-refractivity contribution in [2.45, 2.75) is 65.2 Å². The lowest BCUT2D eigenvalue weighted by Gasteiger charge is -2.07. The second-order valence-electron chi connectivity index (χ2n) is 3.78. The van der Waals surface area contributed by atoms with Crippen LogP contribution in [0.2, 0.25) is 0 Å². The molecular weight excluding hydrogens is 304 g/mol. The van der Waals surface area contributed by atoms with Gasteiger partial charge in [0.15, 0.2) is 0 Å². The lowest BCUT2D eigenvalue weighted by Crippen LogP contribution is -1.87. The Morgan fingerprint density at radius 2 is 1.21 bits per heavy atom. The van der Waals surface area contributed by atoms with Crippen LogP contribution in [0, 0.1) is 0 Å². The van der Waals surface area contributed by atoms with E-state index in [0.29, 0.717) is 0 Å². The highest BCUT2D eigenvalue weighted by atomic mass is 79.9. The zero-order chi connectivity index (χ0) is 10.8. The van der Waals surface area contributed by atoms with Crippen molar-refractivity contribution in [2.24, 2.45) is 0 Å². The van der Waals surface area contributed by atoms with Crippen molar-refractivity contribution in [3.8, 4) is 0 Å². The van der Waals surface area contributed by atoms with Crippen LogP contribution in [-0.2, 0) is 0 Å². The van der Waals surface area contributed by atoms with Gasteiger partial charge in [-0.25, -0.2) is 0 Å². The van der Waals surface area contributed by atoms with Gasteiger partial charge in [0, 0.05) is 0 Å². The minimum absolute atomic E-state index is 1.19. The highest BCUT2D eigenvalue weighted by Crippen LogP contribution is 2.27. The van der Waals surface area contributed by atoms with Crippen LogP contribution in [0.15, 0.2) is 8.96 Å². The van der Waals surface area contributed by atoms with E-state index in [1.165, 1.54) is 54.8 Å². The second kappa shape index (κ2) is 10.2. The third kappa shape index (κ3) is 8.05. The first-order valence-corrected chi connectivity index (χ1v) is 7.34. The van der Waals surface area contributed by atoms with Crippen LogP contribution in [0.5, 0.6) is 0 Å². The first-order chi connectivity index (χ1) is 6.72. The zero-order valence-corrected chi connectivity index (χ0v) is 12.6. The summed E-state index contributed by atoms with van der Waals surface area (Å²) in [6, 6.07) is 0. The molecule has 0 aliphatic rings. The van der Waals surface area contributed by atoms with Gasteiger partial charge in [-0.2, -0.15) is 0 Å². The summed E-state index contributed by atoms with van der Waals surface area (Å²) in [4.78, 5) is 0. The van der Waals surface area contributed by atoms with Gasteiger partial charge in [0.1, 0.15) is 0 Å². The molecule has 0 nitrogen and oxygen atoms in total. The molecule has 0 amide bonds. The fourth-order valence-corrected chi connectivity index (χ4v) is 2.28. The SMILES string of the molecule is CCCCCC(CCCCC)=C(Br)Br. The van der Waals surface area contributed by atoms with Gasteiger partial charge in [-0.3, -0.25) is 0 Å². The highest BCUT2D eigenvalue weighted by Gasteiger charge is 2.01. The summed E-state index contributed by atoms with van der Waals surface area (Å²) < 4.78 is 1.19. The van der Waals surface area contributed by atoms with Gasteiger partial charge in [0.2, 0.25) is 0 Å². The number of hydrogen-bond donors (Lipinski definition) is 0. The van der Waals surface area contributed by atoms with Crippen molar-refractivity contribution in [3.63, 3.8) is 0 Å². The standard InChI is InChI=1S/C12H22Br2/c1-3-5-7-9-11(12(13)14)10-8-6-4-2/h3-10H2,1-2H3. The molecule has 0 spiro atoms. The summed E-state index contributed by atoms with van der Waals surface area (Å²) in [5.74, 6) is 0. The summed E-state index contributed by atoms with van der Waals surface area (Å²) in [6.07, 6.45) is 10.5. The maximum Gasteiger partial charge on any atom is 0.0596 e. The Morgan fingerprint density at radius 1 is 0.786 bits per heavy atom. The molecule has 0 rings (SSSR count). The van der Waals surface area contributed by atoms with Gasteiger partial charge < -0.3 is 0 Å². The number of allylic oxidation sites excluding steroid dienone is 1. The van der Waals surface area contributed by atoms with Gasteiger partial charge in [-0.1, -0.05) is 39.5 Å². The molecule has 0 saturated heterocycles. The summed E-state index contributed by atoms with van der Waals surface area (Å²) in [6.45, 7) is 4.51. The van der Waals surface area contributed by atoms with Crippen LogP contribution < -0.4 is 0 Å². The molecule has 0 aromatic carbocycles. The van der Waals surface area contributed by atoms with Crippen LogP contribution in [0.4, 0.5) is 0 Å². The van der Waals surface area contributed by atoms with Gasteiger partial charge in [-0.05, 0) is 63.1 Å². The molecule has 0 heterocycles. The lowest BCUT2D eigenvalue weighted by molar-refractivity contribution is 0.660. The molecule has 14 heavy (non-hydrogen) atoms. The molecule has 0 bridgehead atoms. The van der Waals surface area contributed by atoms with Crippen molar-refractivity contribution in [1.29, 1.82) is 0 Å². The quantitative estimate of drug-likeness (QED) is 0.469. The molecule has 0 aliphatic heterocycles. The first-order valence-electron chi connectivity index (χ1n) is 5.75. The zero-order valence-electron chi connectivity index (χ0n) is 9.41. The van der Waals surface area contributed by atoms with Crippen molar-refractivity contribution < 1.29 is 0 Å². The predicted molar refractivity (Wildman–Crippen MR) is 73.2 cm³/mol. The average molecular weight is 326 g/mol. The van der Waals surface area contributed by atoms with Crippen LogP contribution in [0.25, 0.3) is 0 Å². The van der Waals surface area contributed by atoms with Crippen molar-refractivity contribution in [1.82, 2.24) is 0 Å². The van der Waals surface area contributed by atoms with E-state index in [1.54, 1.807) is 5.57 Å². The molecule has 2 heteroatoms. The molecule has 84 valence electrons. The molecule has 0 aliphatic carbocycles. The Morgan fingerprint density at radius 3 is 1.50 bits per heavy atom.